The lowest BCUT2D eigenvalue weighted by atomic mass is 9.67. The molecule has 0 radical (unpaired) electrons. The number of carbonyl (C=O) groups excluding carboxylic acids is 2. The Balaban J connectivity index is 1.63. The van der Waals surface area contributed by atoms with Gasteiger partial charge in [-0.05, 0) is 58.4 Å². The summed E-state index contributed by atoms with van der Waals surface area (Å²) in [7, 11) is 0. The number of ketones is 2. The highest BCUT2D eigenvalue weighted by molar-refractivity contribution is 6.08. The molecule has 1 fully saturated rings. The molecule has 31 heavy (non-hydrogen) atoms. The zero-order valence-corrected chi connectivity index (χ0v) is 19.3. The molecule has 2 aromatic carbocycles. The van der Waals surface area contributed by atoms with Crippen molar-refractivity contribution >= 4 is 17.1 Å². The number of hydrogen-bond acceptors (Lipinski definition) is 2. The molecule has 0 spiro atoms. The Morgan fingerprint density at radius 2 is 1.42 bits per heavy atom. The lowest BCUT2D eigenvalue weighted by Gasteiger charge is -2.37. The van der Waals surface area contributed by atoms with Gasteiger partial charge in [-0.15, -0.1) is 0 Å². The Labute approximate surface area is 186 Å². The third-order valence-corrected chi connectivity index (χ3v) is 7.13. The predicted molar refractivity (Wildman–Crippen MR) is 127 cm³/mol. The maximum absolute atomic E-state index is 12.0. The molecule has 1 saturated carbocycles. The summed E-state index contributed by atoms with van der Waals surface area (Å²) in [4.78, 5) is 23.9. The van der Waals surface area contributed by atoms with Gasteiger partial charge >= 0.3 is 0 Å². The van der Waals surface area contributed by atoms with Crippen molar-refractivity contribution in [2.75, 3.05) is 0 Å². The zero-order chi connectivity index (χ0) is 22.6. The lowest BCUT2D eigenvalue weighted by Crippen LogP contribution is -2.29. The first kappa shape index (κ1) is 21.5. The second kappa shape index (κ2) is 7.44. The Morgan fingerprint density at radius 3 is 1.97 bits per heavy atom. The first-order valence-electron chi connectivity index (χ1n) is 11.2. The molecule has 0 aliphatic heterocycles. The number of carbonyl (C=O) groups is 2. The van der Waals surface area contributed by atoms with Crippen molar-refractivity contribution in [3.8, 4) is 0 Å². The molecule has 0 aromatic heterocycles. The minimum Gasteiger partial charge on any atom is -0.299 e. The van der Waals surface area contributed by atoms with Crippen LogP contribution < -0.4 is 0 Å². The molecule has 2 aliphatic carbocycles. The monoisotopic (exact) mass is 412 g/mol. The van der Waals surface area contributed by atoms with E-state index in [2.05, 4.69) is 77.6 Å². The van der Waals surface area contributed by atoms with E-state index in [1.54, 1.807) is 0 Å². The Morgan fingerprint density at radius 1 is 0.903 bits per heavy atom. The smallest absolute Gasteiger partial charge is 0.144 e. The highest BCUT2D eigenvalue weighted by Crippen LogP contribution is 2.43. The van der Waals surface area contributed by atoms with Crippen LogP contribution in [0.25, 0.3) is 5.57 Å². The van der Waals surface area contributed by atoms with Crippen LogP contribution in [0.2, 0.25) is 0 Å². The van der Waals surface area contributed by atoms with Gasteiger partial charge in [0.15, 0.2) is 0 Å². The van der Waals surface area contributed by atoms with Crippen molar-refractivity contribution in [3.05, 3.63) is 88.5 Å². The fourth-order valence-electron chi connectivity index (χ4n) is 4.93. The van der Waals surface area contributed by atoms with Crippen LogP contribution in [-0.2, 0) is 26.8 Å². The van der Waals surface area contributed by atoms with Crippen molar-refractivity contribution in [3.63, 3.8) is 0 Å². The van der Waals surface area contributed by atoms with Crippen LogP contribution in [-0.4, -0.2) is 11.6 Å². The zero-order valence-electron chi connectivity index (χ0n) is 19.3. The highest BCUT2D eigenvalue weighted by atomic mass is 16.2. The van der Waals surface area contributed by atoms with Gasteiger partial charge in [-0.1, -0.05) is 76.8 Å². The van der Waals surface area contributed by atoms with Gasteiger partial charge in [-0.2, -0.15) is 0 Å². The van der Waals surface area contributed by atoms with Crippen LogP contribution in [0.15, 0.2) is 55.1 Å². The number of Topliss-reactive ketones (excluding diaryl/α,β-unsaturated/α-hetero) is 2. The van der Waals surface area contributed by atoms with Crippen LogP contribution in [0, 0.1) is 12.8 Å². The normalized spacial score (nSPS) is 19.5. The Kier molecular flexibility index (Phi) is 5.16. The molecule has 2 aliphatic rings. The topological polar surface area (TPSA) is 34.1 Å². The molecule has 0 bridgehead atoms. The Hall–Kier alpha value is -2.74. The van der Waals surface area contributed by atoms with Gasteiger partial charge in [-0.25, -0.2) is 0 Å². The first-order valence-corrected chi connectivity index (χ1v) is 11.2. The number of rotatable bonds is 4. The highest BCUT2D eigenvalue weighted by Gasteiger charge is 2.34. The van der Waals surface area contributed by atoms with E-state index < -0.39 is 5.92 Å². The van der Waals surface area contributed by atoms with Crippen molar-refractivity contribution in [1.82, 2.24) is 0 Å². The number of hydrogen-bond donors (Lipinski definition) is 0. The molecule has 0 saturated heterocycles. The molecule has 2 nitrogen and oxygen atoms in total. The molecular weight excluding hydrogens is 380 g/mol. The summed E-state index contributed by atoms with van der Waals surface area (Å²) in [5.41, 5.74) is 8.25. The third kappa shape index (κ3) is 3.84. The molecule has 0 atom stereocenters. The van der Waals surface area contributed by atoms with Gasteiger partial charge in [0.2, 0.25) is 0 Å². The van der Waals surface area contributed by atoms with E-state index in [-0.39, 0.29) is 22.4 Å². The van der Waals surface area contributed by atoms with Gasteiger partial charge in [-0.3, -0.25) is 9.59 Å². The lowest BCUT2D eigenvalue weighted by molar-refractivity contribution is -0.127. The van der Waals surface area contributed by atoms with Crippen LogP contribution in [0.1, 0.15) is 73.9 Å². The SMILES string of the molecule is C=C(c1ccc(CC2C(=O)CCC2=O)cc1)c1cc2c(cc1C)C(C)(C)C=CC2(C)C. The minimum atomic E-state index is -0.449. The van der Waals surface area contributed by atoms with E-state index in [1.807, 2.05) is 12.1 Å². The minimum absolute atomic E-state index is 0.0161. The van der Waals surface area contributed by atoms with E-state index in [9.17, 15) is 9.59 Å². The molecule has 2 heteroatoms. The standard InChI is InChI=1S/C29H32O2/c1-18-15-24-25(29(5,6)14-13-28(24,3)4)17-22(18)19(2)21-9-7-20(8-10-21)16-23-26(30)11-12-27(23)31/h7-10,13-15,17,23H,2,11-12,16H2,1,3-6H3. The van der Waals surface area contributed by atoms with E-state index in [0.29, 0.717) is 19.3 Å². The maximum Gasteiger partial charge on any atom is 0.144 e. The number of fused-ring (bicyclic) bond motifs is 1. The van der Waals surface area contributed by atoms with Crippen molar-refractivity contribution in [1.29, 1.82) is 0 Å². The fraction of sp³-hybridized carbons (Fsp3) is 0.379. The molecule has 160 valence electrons. The van der Waals surface area contributed by atoms with Gasteiger partial charge in [0.05, 0.1) is 5.92 Å². The van der Waals surface area contributed by atoms with Gasteiger partial charge in [0.25, 0.3) is 0 Å². The van der Waals surface area contributed by atoms with Gasteiger partial charge in [0, 0.05) is 23.7 Å². The molecule has 0 N–H and O–H groups in total. The summed E-state index contributed by atoms with van der Waals surface area (Å²) < 4.78 is 0. The van der Waals surface area contributed by atoms with Gasteiger partial charge < -0.3 is 0 Å². The summed E-state index contributed by atoms with van der Waals surface area (Å²) in [6, 6.07) is 12.8. The largest absolute Gasteiger partial charge is 0.299 e. The molecule has 0 unspecified atom stereocenters. The second-order valence-electron chi connectivity index (χ2n) is 10.4. The van der Waals surface area contributed by atoms with Crippen LogP contribution >= 0.6 is 0 Å². The molecule has 4 rings (SSSR count). The van der Waals surface area contributed by atoms with Crippen molar-refractivity contribution in [2.45, 2.75) is 64.7 Å². The number of allylic oxidation sites excluding steroid dienone is 2. The number of benzene rings is 2. The third-order valence-electron chi connectivity index (χ3n) is 7.13. The summed E-state index contributed by atoms with van der Waals surface area (Å²) in [6.45, 7) is 15.6. The van der Waals surface area contributed by atoms with E-state index in [0.717, 1.165) is 16.7 Å². The van der Waals surface area contributed by atoms with E-state index >= 15 is 0 Å². The quantitative estimate of drug-likeness (QED) is 0.438. The first-order chi connectivity index (χ1) is 14.5. The predicted octanol–water partition coefficient (Wildman–Crippen LogP) is 6.27. The molecule has 2 aromatic rings. The molecule has 0 amide bonds. The second-order valence-corrected chi connectivity index (χ2v) is 10.4. The van der Waals surface area contributed by atoms with Crippen LogP contribution in [0.3, 0.4) is 0 Å². The average molecular weight is 413 g/mol. The summed E-state index contributed by atoms with van der Waals surface area (Å²) in [5, 5.41) is 0. The average Bonchev–Trinajstić information content (AvgIpc) is 3.03. The van der Waals surface area contributed by atoms with Crippen molar-refractivity contribution in [2.24, 2.45) is 5.92 Å². The van der Waals surface area contributed by atoms with Crippen molar-refractivity contribution < 1.29 is 9.59 Å². The summed E-state index contributed by atoms with van der Waals surface area (Å²) >= 11 is 0. The molecular formula is C29H32O2. The van der Waals surface area contributed by atoms with E-state index in [4.69, 9.17) is 0 Å². The van der Waals surface area contributed by atoms with E-state index in [1.165, 1.54) is 22.3 Å². The fourth-order valence-corrected chi connectivity index (χ4v) is 4.93. The van der Waals surface area contributed by atoms with Crippen LogP contribution in [0.4, 0.5) is 0 Å². The summed E-state index contributed by atoms with van der Waals surface area (Å²) in [5.74, 6) is -0.277. The Bertz CT molecular complexity index is 1090. The summed E-state index contributed by atoms with van der Waals surface area (Å²) in [6.07, 6.45) is 5.95. The number of aryl methyl sites for hydroxylation is 1. The molecule has 0 heterocycles. The van der Waals surface area contributed by atoms with Crippen LogP contribution in [0.5, 0.6) is 0 Å². The van der Waals surface area contributed by atoms with Gasteiger partial charge in [0.1, 0.15) is 11.6 Å². The maximum atomic E-state index is 12.0.